The smallest absolute Gasteiger partial charge is 0.243 e. The first-order chi connectivity index (χ1) is 14.0. The maximum atomic E-state index is 13.1. The molecule has 1 N–H and O–H groups in total. The standard InChI is InChI=1S/C25H34N2O2/c1-4-20(3)26-25(29)23(5-2)27(19-18-22-14-10-7-11-15-22)24(28)17-16-21-12-8-6-9-13-21/h6-15,20,23H,4-5,16-19H2,1-3H3,(H,26,29)/t20-,23+/m0/s1. The van der Waals surface area contributed by atoms with Crippen molar-refractivity contribution in [2.24, 2.45) is 0 Å². The number of nitrogens with zero attached hydrogens (tertiary/aromatic N) is 1. The van der Waals surface area contributed by atoms with Gasteiger partial charge >= 0.3 is 0 Å². The third kappa shape index (κ3) is 7.37. The summed E-state index contributed by atoms with van der Waals surface area (Å²) in [6.07, 6.45) is 3.31. The number of hydrogen-bond donors (Lipinski definition) is 1. The minimum atomic E-state index is -0.434. The highest BCUT2D eigenvalue weighted by Crippen LogP contribution is 2.13. The fraction of sp³-hybridized carbons (Fsp3) is 0.440. The van der Waals surface area contributed by atoms with E-state index in [-0.39, 0.29) is 17.9 Å². The van der Waals surface area contributed by atoms with Gasteiger partial charge in [0.05, 0.1) is 0 Å². The van der Waals surface area contributed by atoms with Crippen LogP contribution < -0.4 is 5.32 Å². The maximum absolute atomic E-state index is 13.1. The van der Waals surface area contributed by atoms with Gasteiger partial charge in [-0.2, -0.15) is 0 Å². The molecule has 0 fully saturated rings. The lowest BCUT2D eigenvalue weighted by Gasteiger charge is -2.31. The fourth-order valence-electron chi connectivity index (χ4n) is 3.38. The van der Waals surface area contributed by atoms with Crippen molar-refractivity contribution in [1.82, 2.24) is 10.2 Å². The van der Waals surface area contributed by atoms with Crippen molar-refractivity contribution < 1.29 is 9.59 Å². The summed E-state index contributed by atoms with van der Waals surface area (Å²) in [6, 6.07) is 19.8. The van der Waals surface area contributed by atoms with Crippen LogP contribution in [0, 0.1) is 0 Å². The summed E-state index contributed by atoms with van der Waals surface area (Å²) in [7, 11) is 0. The predicted octanol–water partition coefficient (Wildman–Crippen LogP) is 4.38. The molecule has 0 heterocycles. The van der Waals surface area contributed by atoms with Gasteiger partial charge < -0.3 is 10.2 Å². The van der Waals surface area contributed by atoms with Crippen LogP contribution in [0.2, 0.25) is 0 Å². The molecule has 0 aliphatic rings. The van der Waals surface area contributed by atoms with Crippen LogP contribution in [0.15, 0.2) is 60.7 Å². The van der Waals surface area contributed by atoms with Gasteiger partial charge in [-0.1, -0.05) is 74.5 Å². The summed E-state index contributed by atoms with van der Waals surface area (Å²) in [5.41, 5.74) is 2.31. The first-order valence-corrected chi connectivity index (χ1v) is 10.7. The molecule has 4 nitrogen and oxygen atoms in total. The first kappa shape index (κ1) is 22.7. The van der Waals surface area contributed by atoms with Gasteiger partial charge in [0, 0.05) is 19.0 Å². The van der Waals surface area contributed by atoms with Crippen LogP contribution in [0.5, 0.6) is 0 Å². The highest BCUT2D eigenvalue weighted by molar-refractivity contribution is 5.87. The molecule has 4 heteroatoms. The lowest BCUT2D eigenvalue weighted by molar-refractivity contribution is -0.141. The molecule has 0 aliphatic heterocycles. The van der Waals surface area contributed by atoms with Crippen LogP contribution in [0.1, 0.15) is 51.2 Å². The van der Waals surface area contributed by atoms with Gasteiger partial charge in [0.1, 0.15) is 6.04 Å². The van der Waals surface area contributed by atoms with Crippen LogP contribution in [0.4, 0.5) is 0 Å². The number of carbonyl (C=O) groups is 2. The van der Waals surface area contributed by atoms with E-state index in [0.717, 1.165) is 18.4 Å². The number of rotatable bonds is 11. The third-order valence-electron chi connectivity index (χ3n) is 5.34. The molecular weight excluding hydrogens is 360 g/mol. The van der Waals surface area contributed by atoms with Crippen molar-refractivity contribution >= 4 is 11.8 Å². The zero-order chi connectivity index (χ0) is 21.1. The van der Waals surface area contributed by atoms with Crippen molar-refractivity contribution in [2.45, 2.75) is 65.0 Å². The minimum Gasteiger partial charge on any atom is -0.352 e. The van der Waals surface area contributed by atoms with E-state index in [9.17, 15) is 9.59 Å². The zero-order valence-electron chi connectivity index (χ0n) is 17.9. The van der Waals surface area contributed by atoms with Crippen LogP contribution in [0.25, 0.3) is 0 Å². The first-order valence-electron chi connectivity index (χ1n) is 10.7. The number of amides is 2. The zero-order valence-corrected chi connectivity index (χ0v) is 17.9. The number of hydrogen-bond acceptors (Lipinski definition) is 2. The second-order valence-electron chi connectivity index (χ2n) is 7.55. The lowest BCUT2D eigenvalue weighted by Crippen LogP contribution is -2.51. The van der Waals surface area contributed by atoms with Crippen molar-refractivity contribution in [2.75, 3.05) is 6.54 Å². The van der Waals surface area contributed by atoms with E-state index in [1.165, 1.54) is 5.56 Å². The Morgan fingerprint density at radius 2 is 1.41 bits per heavy atom. The monoisotopic (exact) mass is 394 g/mol. The Kier molecular flexibility index (Phi) is 9.42. The van der Waals surface area contributed by atoms with E-state index < -0.39 is 6.04 Å². The Hall–Kier alpha value is -2.62. The summed E-state index contributed by atoms with van der Waals surface area (Å²) in [5.74, 6) is -0.0149. The van der Waals surface area contributed by atoms with E-state index in [0.29, 0.717) is 25.8 Å². The number of benzene rings is 2. The summed E-state index contributed by atoms with van der Waals surface area (Å²) in [6.45, 7) is 6.56. The molecule has 0 spiro atoms. The van der Waals surface area contributed by atoms with Gasteiger partial charge in [-0.3, -0.25) is 9.59 Å². The maximum Gasteiger partial charge on any atom is 0.243 e. The van der Waals surface area contributed by atoms with Crippen LogP contribution in [-0.2, 0) is 22.4 Å². The van der Waals surface area contributed by atoms with Crippen LogP contribution in [0.3, 0.4) is 0 Å². The molecule has 0 unspecified atom stereocenters. The molecule has 29 heavy (non-hydrogen) atoms. The quantitative estimate of drug-likeness (QED) is 0.615. The molecule has 2 amide bonds. The molecule has 0 saturated carbocycles. The van der Waals surface area contributed by atoms with E-state index in [1.54, 1.807) is 4.90 Å². The van der Waals surface area contributed by atoms with Gasteiger partial charge in [0.25, 0.3) is 0 Å². The molecule has 0 radical (unpaired) electrons. The average Bonchev–Trinajstić information content (AvgIpc) is 2.76. The SMILES string of the molecule is CC[C@H](C(=O)N[C@@H](C)CC)N(CCc1ccccc1)C(=O)CCc1ccccc1. The summed E-state index contributed by atoms with van der Waals surface area (Å²) < 4.78 is 0. The molecule has 156 valence electrons. The Morgan fingerprint density at radius 1 is 0.862 bits per heavy atom. The summed E-state index contributed by atoms with van der Waals surface area (Å²) in [4.78, 5) is 27.8. The Morgan fingerprint density at radius 3 is 1.93 bits per heavy atom. The number of carbonyl (C=O) groups excluding carboxylic acids is 2. The summed E-state index contributed by atoms with van der Waals surface area (Å²) in [5, 5.41) is 3.06. The normalized spacial score (nSPS) is 12.8. The Labute approximate surface area is 175 Å². The molecule has 2 rings (SSSR count). The molecular formula is C25H34N2O2. The van der Waals surface area contributed by atoms with Crippen LogP contribution in [-0.4, -0.2) is 35.3 Å². The topological polar surface area (TPSA) is 49.4 Å². The molecule has 0 aliphatic carbocycles. The Balaban J connectivity index is 2.11. The van der Waals surface area contributed by atoms with E-state index in [2.05, 4.69) is 17.4 Å². The van der Waals surface area contributed by atoms with Crippen molar-refractivity contribution in [3.63, 3.8) is 0 Å². The molecule has 2 atom stereocenters. The predicted molar refractivity (Wildman–Crippen MR) is 119 cm³/mol. The second kappa shape index (κ2) is 12.1. The molecule has 2 aromatic rings. The van der Waals surface area contributed by atoms with Gasteiger partial charge in [-0.25, -0.2) is 0 Å². The molecule has 0 saturated heterocycles. The van der Waals surface area contributed by atoms with E-state index in [4.69, 9.17) is 0 Å². The lowest BCUT2D eigenvalue weighted by atomic mass is 10.1. The van der Waals surface area contributed by atoms with Gasteiger partial charge in [0.2, 0.25) is 11.8 Å². The average molecular weight is 395 g/mol. The van der Waals surface area contributed by atoms with Crippen LogP contribution >= 0.6 is 0 Å². The highest BCUT2D eigenvalue weighted by Gasteiger charge is 2.28. The summed E-state index contributed by atoms with van der Waals surface area (Å²) >= 11 is 0. The van der Waals surface area contributed by atoms with Gasteiger partial charge in [-0.05, 0) is 43.7 Å². The largest absolute Gasteiger partial charge is 0.352 e. The van der Waals surface area contributed by atoms with Crippen molar-refractivity contribution in [1.29, 1.82) is 0 Å². The Bertz CT molecular complexity index is 746. The molecule has 2 aromatic carbocycles. The van der Waals surface area contributed by atoms with E-state index in [1.807, 2.05) is 69.3 Å². The van der Waals surface area contributed by atoms with Crippen molar-refractivity contribution in [3.8, 4) is 0 Å². The van der Waals surface area contributed by atoms with Gasteiger partial charge in [-0.15, -0.1) is 0 Å². The van der Waals surface area contributed by atoms with E-state index >= 15 is 0 Å². The van der Waals surface area contributed by atoms with Gasteiger partial charge in [0.15, 0.2) is 0 Å². The molecule has 0 aromatic heterocycles. The number of aryl methyl sites for hydroxylation is 1. The highest BCUT2D eigenvalue weighted by atomic mass is 16.2. The second-order valence-corrected chi connectivity index (χ2v) is 7.55. The fourth-order valence-corrected chi connectivity index (χ4v) is 3.38. The minimum absolute atomic E-state index is 0.0379. The molecule has 0 bridgehead atoms. The number of nitrogens with one attached hydrogen (secondary N) is 1. The van der Waals surface area contributed by atoms with Crippen molar-refractivity contribution in [3.05, 3.63) is 71.8 Å². The third-order valence-corrected chi connectivity index (χ3v) is 5.34.